The largest absolute Gasteiger partial charge is 0.323 e. The number of hydrogen-bond acceptors (Lipinski definition) is 6. The van der Waals surface area contributed by atoms with Crippen molar-refractivity contribution in [1.29, 1.82) is 5.41 Å². The molecule has 0 spiro atoms. The van der Waals surface area contributed by atoms with Gasteiger partial charge in [0, 0.05) is 12.0 Å². The van der Waals surface area contributed by atoms with Gasteiger partial charge in [-0.05, 0) is 25.0 Å². The van der Waals surface area contributed by atoms with Crippen LogP contribution in [-0.4, -0.2) is 35.4 Å². The molecular formula is C16H16ClFN6O3. The second kappa shape index (κ2) is 7.31. The van der Waals surface area contributed by atoms with Crippen molar-refractivity contribution in [3.05, 3.63) is 29.0 Å². The molecule has 1 unspecified atom stereocenters. The van der Waals surface area contributed by atoms with Crippen molar-refractivity contribution >= 4 is 47.1 Å². The van der Waals surface area contributed by atoms with Crippen LogP contribution in [0.5, 0.6) is 0 Å². The Labute approximate surface area is 158 Å². The summed E-state index contributed by atoms with van der Waals surface area (Å²) in [5.41, 5.74) is 0.731. The van der Waals surface area contributed by atoms with Crippen LogP contribution < -0.4 is 21.4 Å². The zero-order chi connectivity index (χ0) is 19.6. The molecule has 0 bridgehead atoms. The molecule has 142 valence electrons. The third kappa shape index (κ3) is 3.61. The number of amides is 4. The van der Waals surface area contributed by atoms with Crippen LogP contribution in [0, 0.1) is 17.1 Å². The van der Waals surface area contributed by atoms with Gasteiger partial charge in [0.1, 0.15) is 5.82 Å². The molecule has 9 nitrogen and oxygen atoms in total. The highest BCUT2D eigenvalue weighted by molar-refractivity contribution is 6.60. The van der Waals surface area contributed by atoms with Crippen LogP contribution in [0.15, 0.2) is 23.3 Å². The first-order valence-electron chi connectivity index (χ1n) is 8.11. The standard InChI is InChI=1S/C16H16ClFN6O3/c17-10-5-4-9(6-11(10)18)23-24-12(7-19)13(25)21-16(8-2-1-3-8)14(26)20-15(27)22-16/h4-8,19,23H,1-3H2,(H,21,25)(H2,20,22,26,27)/b19-7?,24-12+. The van der Waals surface area contributed by atoms with Crippen LogP contribution >= 0.6 is 11.6 Å². The maximum Gasteiger partial charge on any atom is 0.323 e. The van der Waals surface area contributed by atoms with Crippen LogP contribution in [0.1, 0.15) is 19.3 Å². The van der Waals surface area contributed by atoms with E-state index in [4.69, 9.17) is 17.0 Å². The van der Waals surface area contributed by atoms with Gasteiger partial charge in [0.05, 0.1) is 16.9 Å². The Bertz CT molecular complexity index is 857. The average Bonchev–Trinajstić information content (AvgIpc) is 2.83. The molecule has 0 radical (unpaired) electrons. The Hall–Kier alpha value is -3.01. The van der Waals surface area contributed by atoms with Crippen molar-refractivity contribution in [2.24, 2.45) is 11.0 Å². The normalized spacial score (nSPS) is 22.5. The highest BCUT2D eigenvalue weighted by atomic mass is 35.5. The lowest BCUT2D eigenvalue weighted by atomic mass is 9.75. The minimum absolute atomic E-state index is 0.0695. The van der Waals surface area contributed by atoms with Crippen molar-refractivity contribution in [2.45, 2.75) is 24.9 Å². The van der Waals surface area contributed by atoms with Crippen LogP contribution in [0.4, 0.5) is 14.9 Å². The van der Waals surface area contributed by atoms with Gasteiger partial charge in [-0.15, -0.1) is 0 Å². The highest BCUT2D eigenvalue weighted by Gasteiger charge is 2.55. The molecular weight excluding hydrogens is 379 g/mol. The summed E-state index contributed by atoms with van der Waals surface area (Å²) in [6.07, 6.45) is 2.87. The lowest BCUT2D eigenvalue weighted by molar-refractivity contribution is -0.133. The molecule has 2 fully saturated rings. The van der Waals surface area contributed by atoms with Gasteiger partial charge in [-0.25, -0.2) is 9.18 Å². The van der Waals surface area contributed by atoms with E-state index >= 15 is 0 Å². The van der Waals surface area contributed by atoms with Crippen LogP contribution in [0.3, 0.4) is 0 Å². The van der Waals surface area contributed by atoms with E-state index in [1.165, 1.54) is 12.1 Å². The van der Waals surface area contributed by atoms with E-state index in [0.717, 1.165) is 12.5 Å². The van der Waals surface area contributed by atoms with E-state index in [1.807, 2.05) is 0 Å². The minimum atomic E-state index is -1.57. The number of imide groups is 1. The number of rotatable bonds is 6. The summed E-state index contributed by atoms with van der Waals surface area (Å²) >= 11 is 5.59. The fourth-order valence-electron chi connectivity index (χ4n) is 2.87. The molecule has 1 aromatic rings. The quantitative estimate of drug-likeness (QED) is 0.282. The van der Waals surface area contributed by atoms with Crippen molar-refractivity contribution in [2.75, 3.05) is 5.43 Å². The predicted octanol–water partition coefficient (Wildman–Crippen LogP) is 1.35. The summed E-state index contributed by atoms with van der Waals surface area (Å²) in [5, 5.41) is 18.1. The number of carbonyl (C=O) groups is 3. The number of halogens is 2. The minimum Gasteiger partial charge on any atom is -0.320 e. The van der Waals surface area contributed by atoms with E-state index in [0.29, 0.717) is 19.1 Å². The molecule has 0 aromatic heterocycles. The van der Waals surface area contributed by atoms with E-state index in [1.54, 1.807) is 0 Å². The van der Waals surface area contributed by atoms with Crippen LogP contribution in [0.25, 0.3) is 0 Å². The molecule has 1 aliphatic heterocycles. The molecule has 1 atom stereocenters. The highest BCUT2D eigenvalue weighted by Crippen LogP contribution is 2.36. The van der Waals surface area contributed by atoms with E-state index in [2.05, 4.69) is 26.5 Å². The molecule has 27 heavy (non-hydrogen) atoms. The maximum atomic E-state index is 13.4. The topological polar surface area (TPSA) is 136 Å². The van der Waals surface area contributed by atoms with Gasteiger partial charge in [0.25, 0.3) is 11.8 Å². The Morgan fingerprint density at radius 2 is 2.15 bits per heavy atom. The van der Waals surface area contributed by atoms with Crippen molar-refractivity contribution < 1.29 is 18.8 Å². The number of urea groups is 1. The van der Waals surface area contributed by atoms with E-state index in [9.17, 15) is 18.8 Å². The van der Waals surface area contributed by atoms with E-state index < -0.39 is 29.3 Å². The molecule has 3 rings (SSSR count). The summed E-state index contributed by atoms with van der Waals surface area (Å²) in [6, 6.07) is 3.12. The number of hydrogen-bond donors (Lipinski definition) is 5. The summed E-state index contributed by atoms with van der Waals surface area (Å²) in [6.45, 7) is 0. The number of carbonyl (C=O) groups excluding carboxylic acids is 3. The number of hydrazone groups is 1. The smallest absolute Gasteiger partial charge is 0.320 e. The first-order chi connectivity index (χ1) is 12.9. The molecule has 1 saturated heterocycles. The summed E-state index contributed by atoms with van der Waals surface area (Å²) in [4.78, 5) is 36.4. The average molecular weight is 395 g/mol. The van der Waals surface area contributed by atoms with Crippen molar-refractivity contribution in [3.63, 3.8) is 0 Å². The van der Waals surface area contributed by atoms with E-state index in [-0.39, 0.29) is 22.3 Å². The second-order valence-corrected chi connectivity index (χ2v) is 6.59. The number of nitrogens with one attached hydrogen (secondary N) is 5. The van der Waals surface area contributed by atoms with Gasteiger partial charge in [-0.1, -0.05) is 18.0 Å². The third-order valence-corrected chi connectivity index (χ3v) is 4.83. The molecule has 4 amide bonds. The zero-order valence-electron chi connectivity index (χ0n) is 13.9. The predicted molar refractivity (Wildman–Crippen MR) is 96.1 cm³/mol. The first-order valence-corrected chi connectivity index (χ1v) is 8.49. The molecule has 1 aromatic carbocycles. The fraction of sp³-hybridized carbons (Fsp3) is 0.312. The molecule has 11 heteroatoms. The molecule has 1 heterocycles. The SMILES string of the molecule is N=C/C(=N\Nc1ccc(Cl)c(F)c1)C(=O)NC1(C2CCC2)NC(=O)NC1=O. The first kappa shape index (κ1) is 18.8. The second-order valence-electron chi connectivity index (χ2n) is 6.18. The number of anilines is 1. The van der Waals surface area contributed by atoms with Gasteiger partial charge in [-0.2, -0.15) is 5.10 Å². The maximum absolute atomic E-state index is 13.4. The Morgan fingerprint density at radius 3 is 2.67 bits per heavy atom. The van der Waals surface area contributed by atoms with Gasteiger partial charge < -0.3 is 16.0 Å². The summed E-state index contributed by atoms with van der Waals surface area (Å²) in [5.74, 6) is -2.41. The summed E-state index contributed by atoms with van der Waals surface area (Å²) < 4.78 is 13.4. The van der Waals surface area contributed by atoms with Crippen LogP contribution in [-0.2, 0) is 9.59 Å². The van der Waals surface area contributed by atoms with Crippen molar-refractivity contribution in [3.8, 4) is 0 Å². The summed E-state index contributed by atoms with van der Waals surface area (Å²) in [7, 11) is 0. The molecule has 1 saturated carbocycles. The monoisotopic (exact) mass is 394 g/mol. The Morgan fingerprint density at radius 1 is 1.41 bits per heavy atom. The zero-order valence-corrected chi connectivity index (χ0v) is 14.7. The molecule has 1 aliphatic carbocycles. The molecule has 5 N–H and O–H groups in total. The number of benzene rings is 1. The van der Waals surface area contributed by atoms with Crippen LogP contribution in [0.2, 0.25) is 5.02 Å². The van der Waals surface area contributed by atoms with Gasteiger partial charge in [0.15, 0.2) is 11.4 Å². The number of nitrogens with zero attached hydrogens (tertiary/aromatic N) is 1. The van der Waals surface area contributed by atoms with Crippen molar-refractivity contribution in [1.82, 2.24) is 16.0 Å². The van der Waals surface area contributed by atoms with Gasteiger partial charge >= 0.3 is 6.03 Å². The van der Waals surface area contributed by atoms with Gasteiger partial charge in [-0.3, -0.25) is 20.3 Å². The Kier molecular flexibility index (Phi) is 5.08. The Balaban J connectivity index is 1.77. The lowest BCUT2D eigenvalue weighted by Gasteiger charge is -2.40. The third-order valence-electron chi connectivity index (χ3n) is 4.52. The van der Waals surface area contributed by atoms with Gasteiger partial charge in [0.2, 0.25) is 0 Å². The fourth-order valence-corrected chi connectivity index (χ4v) is 2.99. The lowest BCUT2D eigenvalue weighted by Crippen LogP contribution is -2.67. The molecule has 2 aliphatic rings.